The molecule has 196 valence electrons. The predicted molar refractivity (Wildman–Crippen MR) is 139 cm³/mol. The van der Waals surface area contributed by atoms with Gasteiger partial charge >= 0.3 is 0 Å². The summed E-state index contributed by atoms with van der Waals surface area (Å²) in [6.45, 7) is 1.41. The van der Waals surface area contributed by atoms with E-state index in [-0.39, 0.29) is 22.8 Å². The molecule has 1 heterocycles. The third-order valence-electron chi connectivity index (χ3n) is 7.72. The van der Waals surface area contributed by atoms with Gasteiger partial charge in [-0.05, 0) is 81.0 Å². The number of aromatic nitrogens is 2. The first kappa shape index (κ1) is 26.4. The lowest BCUT2D eigenvalue weighted by atomic mass is 9.93. The highest BCUT2D eigenvalue weighted by atomic mass is 35.5. The number of carbonyl (C=O) groups excluding carboxylic acids is 2. The van der Waals surface area contributed by atoms with Crippen LogP contribution in [0.5, 0.6) is 0 Å². The van der Waals surface area contributed by atoms with E-state index in [1.165, 1.54) is 18.2 Å². The SMILES string of the molecule is Cn1nc(C2CC3CC(CNC(=O)CCCCCN)CC3C2)c(C(=O)Nc2ccc(F)c(Cl)c2)c1N. The Morgan fingerprint density at radius 3 is 2.56 bits per heavy atom. The third kappa shape index (κ3) is 6.00. The van der Waals surface area contributed by atoms with Crippen molar-refractivity contribution in [2.45, 2.75) is 57.3 Å². The van der Waals surface area contributed by atoms with E-state index in [2.05, 4.69) is 15.7 Å². The number of unbranched alkanes of at least 4 members (excludes halogenated alkanes) is 2. The van der Waals surface area contributed by atoms with Crippen molar-refractivity contribution < 1.29 is 14.0 Å². The predicted octanol–water partition coefficient (Wildman–Crippen LogP) is 4.20. The molecule has 2 atom stereocenters. The Balaban J connectivity index is 1.34. The number of aryl methyl sites for hydroxylation is 1. The number of carbonyl (C=O) groups is 2. The van der Waals surface area contributed by atoms with E-state index in [4.69, 9.17) is 23.1 Å². The molecule has 2 amide bonds. The number of hydrogen-bond donors (Lipinski definition) is 4. The summed E-state index contributed by atoms with van der Waals surface area (Å²) in [7, 11) is 1.73. The Labute approximate surface area is 216 Å². The number of nitrogens with zero attached hydrogens (tertiary/aromatic N) is 2. The summed E-state index contributed by atoms with van der Waals surface area (Å²) in [6.07, 6.45) is 7.47. The molecular formula is C26H36ClFN6O2. The molecule has 2 aliphatic rings. The van der Waals surface area contributed by atoms with E-state index in [0.29, 0.717) is 47.8 Å². The molecule has 2 saturated carbocycles. The third-order valence-corrected chi connectivity index (χ3v) is 8.01. The van der Waals surface area contributed by atoms with Crippen LogP contribution in [0, 0.1) is 23.6 Å². The van der Waals surface area contributed by atoms with Crippen molar-refractivity contribution in [3.05, 3.63) is 40.3 Å². The van der Waals surface area contributed by atoms with Crippen LogP contribution in [-0.2, 0) is 11.8 Å². The molecule has 8 nitrogen and oxygen atoms in total. The molecule has 1 aromatic heterocycles. The molecule has 0 spiro atoms. The van der Waals surface area contributed by atoms with Gasteiger partial charge in [0.05, 0.1) is 10.7 Å². The van der Waals surface area contributed by atoms with Gasteiger partial charge in [0.1, 0.15) is 17.2 Å². The van der Waals surface area contributed by atoms with Crippen LogP contribution in [-0.4, -0.2) is 34.7 Å². The summed E-state index contributed by atoms with van der Waals surface area (Å²) in [5.74, 6) is 1.27. The van der Waals surface area contributed by atoms with E-state index in [0.717, 1.165) is 57.2 Å². The number of amides is 2. The Bertz CT molecular complexity index is 1090. The van der Waals surface area contributed by atoms with Gasteiger partial charge in [-0.1, -0.05) is 18.0 Å². The second-order valence-electron chi connectivity index (χ2n) is 10.3. The molecule has 10 heteroatoms. The van der Waals surface area contributed by atoms with Gasteiger partial charge < -0.3 is 22.1 Å². The smallest absolute Gasteiger partial charge is 0.261 e. The number of benzene rings is 1. The van der Waals surface area contributed by atoms with E-state index in [1.807, 2.05) is 0 Å². The van der Waals surface area contributed by atoms with Crippen molar-refractivity contribution >= 4 is 34.9 Å². The van der Waals surface area contributed by atoms with Gasteiger partial charge in [0, 0.05) is 31.6 Å². The van der Waals surface area contributed by atoms with Crippen LogP contribution in [0.4, 0.5) is 15.9 Å². The van der Waals surface area contributed by atoms with Crippen molar-refractivity contribution in [1.82, 2.24) is 15.1 Å². The van der Waals surface area contributed by atoms with E-state index < -0.39 is 5.82 Å². The summed E-state index contributed by atoms with van der Waals surface area (Å²) in [6, 6.07) is 4.05. The maximum Gasteiger partial charge on any atom is 0.261 e. The number of nitrogens with two attached hydrogens (primary N) is 2. The molecule has 1 aromatic carbocycles. The van der Waals surface area contributed by atoms with Gasteiger partial charge in [0.2, 0.25) is 5.91 Å². The maximum absolute atomic E-state index is 13.5. The van der Waals surface area contributed by atoms with Gasteiger partial charge in [-0.2, -0.15) is 5.10 Å². The average molecular weight is 519 g/mol. The van der Waals surface area contributed by atoms with Crippen LogP contribution in [0.25, 0.3) is 0 Å². The minimum Gasteiger partial charge on any atom is -0.383 e. The highest BCUT2D eigenvalue weighted by Crippen LogP contribution is 2.52. The molecule has 36 heavy (non-hydrogen) atoms. The fraction of sp³-hybridized carbons (Fsp3) is 0.577. The summed E-state index contributed by atoms with van der Waals surface area (Å²) < 4.78 is 15.0. The minimum atomic E-state index is -0.547. The average Bonchev–Trinajstić information content (AvgIpc) is 3.49. The first-order valence-corrected chi connectivity index (χ1v) is 13.2. The monoisotopic (exact) mass is 518 g/mol. The molecule has 2 fully saturated rings. The summed E-state index contributed by atoms with van der Waals surface area (Å²) in [5.41, 5.74) is 13.2. The Morgan fingerprint density at radius 2 is 1.89 bits per heavy atom. The van der Waals surface area contributed by atoms with Gasteiger partial charge in [-0.15, -0.1) is 0 Å². The van der Waals surface area contributed by atoms with Gasteiger partial charge in [0.15, 0.2) is 0 Å². The zero-order valence-corrected chi connectivity index (χ0v) is 21.5. The first-order valence-electron chi connectivity index (χ1n) is 12.8. The standard InChI is InChI=1S/C26H36ClFN6O2/c1-34-25(30)23(26(36)32-19-6-7-21(28)20(27)13-19)24(33-34)18-11-16-9-15(10-17(16)12-18)14-31-22(35)5-3-2-4-8-29/h6-7,13,15-18H,2-5,8-12,14,29-30H2,1H3,(H,31,35)(H,32,36). The zero-order valence-electron chi connectivity index (χ0n) is 20.7. The number of fused-ring (bicyclic) bond motifs is 1. The molecule has 0 radical (unpaired) electrons. The van der Waals surface area contributed by atoms with Crippen LogP contribution in [0.15, 0.2) is 18.2 Å². The quantitative estimate of drug-likeness (QED) is 0.350. The van der Waals surface area contributed by atoms with Gasteiger partial charge in [-0.25, -0.2) is 4.39 Å². The molecule has 0 saturated heterocycles. The second-order valence-corrected chi connectivity index (χ2v) is 10.7. The van der Waals surface area contributed by atoms with E-state index in [1.54, 1.807) is 11.7 Å². The Morgan fingerprint density at radius 1 is 1.17 bits per heavy atom. The maximum atomic E-state index is 13.5. The van der Waals surface area contributed by atoms with Crippen molar-refractivity contribution in [3.63, 3.8) is 0 Å². The number of nitrogens with one attached hydrogen (secondary N) is 2. The van der Waals surface area contributed by atoms with Crippen molar-refractivity contribution in [2.75, 3.05) is 24.1 Å². The summed E-state index contributed by atoms with van der Waals surface area (Å²) in [4.78, 5) is 25.3. The number of rotatable bonds is 10. The van der Waals surface area contributed by atoms with Crippen molar-refractivity contribution in [1.29, 1.82) is 0 Å². The molecule has 0 aliphatic heterocycles. The molecule has 0 bridgehead atoms. The Kier molecular flexibility index (Phi) is 8.51. The Hall–Kier alpha value is -2.65. The molecular weight excluding hydrogens is 483 g/mol. The highest BCUT2D eigenvalue weighted by Gasteiger charge is 2.44. The fourth-order valence-corrected chi connectivity index (χ4v) is 6.11. The summed E-state index contributed by atoms with van der Waals surface area (Å²) in [5, 5.41) is 10.4. The van der Waals surface area contributed by atoms with Crippen LogP contribution < -0.4 is 22.1 Å². The van der Waals surface area contributed by atoms with Gasteiger partial charge in [0.25, 0.3) is 5.91 Å². The second kappa shape index (κ2) is 11.6. The highest BCUT2D eigenvalue weighted by molar-refractivity contribution is 6.31. The number of hydrogen-bond acceptors (Lipinski definition) is 5. The molecule has 4 rings (SSSR count). The van der Waals surface area contributed by atoms with E-state index >= 15 is 0 Å². The summed E-state index contributed by atoms with van der Waals surface area (Å²) >= 11 is 5.86. The van der Waals surface area contributed by atoms with Crippen molar-refractivity contribution in [2.24, 2.45) is 30.5 Å². The van der Waals surface area contributed by atoms with Gasteiger partial charge in [-0.3, -0.25) is 14.3 Å². The minimum absolute atomic E-state index is 0.0619. The lowest BCUT2D eigenvalue weighted by Crippen LogP contribution is -2.28. The number of anilines is 2. The van der Waals surface area contributed by atoms with E-state index in [9.17, 15) is 14.0 Å². The number of halogens is 2. The normalized spacial score (nSPS) is 23.0. The molecule has 6 N–H and O–H groups in total. The van der Waals surface area contributed by atoms with Crippen LogP contribution in [0.2, 0.25) is 5.02 Å². The molecule has 2 aliphatic carbocycles. The first-order chi connectivity index (χ1) is 17.3. The van der Waals surface area contributed by atoms with Crippen molar-refractivity contribution in [3.8, 4) is 0 Å². The van der Waals surface area contributed by atoms with Crippen LogP contribution in [0.1, 0.15) is 73.3 Å². The number of nitrogen functional groups attached to an aromatic ring is 1. The fourth-order valence-electron chi connectivity index (χ4n) is 5.93. The lowest BCUT2D eigenvalue weighted by Gasteiger charge is -2.16. The molecule has 2 unspecified atom stereocenters. The largest absolute Gasteiger partial charge is 0.383 e. The molecule has 2 aromatic rings. The lowest BCUT2D eigenvalue weighted by molar-refractivity contribution is -0.121. The van der Waals surface area contributed by atoms with Crippen LogP contribution in [0.3, 0.4) is 0 Å². The van der Waals surface area contributed by atoms with Crippen LogP contribution >= 0.6 is 11.6 Å². The topological polar surface area (TPSA) is 128 Å². The zero-order chi connectivity index (χ0) is 25.8.